The lowest BCUT2D eigenvalue weighted by Crippen LogP contribution is -2.08. The largest absolute Gasteiger partial charge is 0.486 e. The molecule has 120 valence electrons. The standard InChI is InChI=1S/C20H22O3/c21-20(22)14-11-15-9-12-17(13-10-15)23-19-8-4-2-6-16-5-1-3-7-18(16)19/h1,3,5,7,9-10,12-13,19H,2,4,6,8,11,14H2,(H,21,22). The number of aryl methyl sites for hydroxylation is 2. The molecule has 0 radical (unpaired) electrons. The first kappa shape index (κ1) is 15.6. The number of hydrogen-bond donors (Lipinski definition) is 1. The lowest BCUT2D eigenvalue weighted by Gasteiger charge is -2.20. The molecule has 3 heteroatoms. The van der Waals surface area contributed by atoms with Crippen molar-refractivity contribution in [2.75, 3.05) is 0 Å². The Morgan fingerprint density at radius 3 is 2.65 bits per heavy atom. The van der Waals surface area contributed by atoms with Gasteiger partial charge in [-0.15, -0.1) is 0 Å². The van der Waals surface area contributed by atoms with E-state index in [2.05, 4.69) is 24.3 Å². The molecule has 1 aliphatic carbocycles. The van der Waals surface area contributed by atoms with Crippen LogP contribution in [0.4, 0.5) is 0 Å². The Hall–Kier alpha value is -2.29. The highest BCUT2D eigenvalue weighted by Gasteiger charge is 2.19. The van der Waals surface area contributed by atoms with E-state index in [9.17, 15) is 4.79 Å². The minimum Gasteiger partial charge on any atom is -0.486 e. The van der Waals surface area contributed by atoms with Crippen LogP contribution < -0.4 is 4.74 Å². The molecule has 23 heavy (non-hydrogen) atoms. The van der Waals surface area contributed by atoms with Gasteiger partial charge in [0.25, 0.3) is 0 Å². The maximum Gasteiger partial charge on any atom is 0.303 e. The third kappa shape index (κ3) is 4.13. The van der Waals surface area contributed by atoms with Gasteiger partial charge in [-0.05, 0) is 60.9 Å². The monoisotopic (exact) mass is 310 g/mol. The number of aliphatic carboxylic acids is 1. The summed E-state index contributed by atoms with van der Waals surface area (Å²) in [4.78, 5) is 10.6. The van der Waals surface area contributed by atoms with Crippen LogP contribution in [0.15, 0.2) is 48.5 Å². The summed E-state index contributed by atoms with van der Waals surface area (Å²) in [7, 11) is 0. The quantitative estimate of drug-likeness (QED) is 0.824. The Morgan fingerprint density at radius 1 is 1.09 bits per heavy atom. The van der Waals surface area contributed by atoms with E-state index in [0.29, 0.717) is 6.42 Å². The molecule has 0 saturated carbocycles. The van der Waals surface area contributed by atoms with Crippen molar-refractivity contribution in [2.45, 2.75) is 44.6 Å². The molecule has 0 fully saturated rings. The molecule has 0 saturated heterocycles. The number of carboxylic acids is 1. The summed E-state index contributed by atoms with van der Waals surface area (Å²) < 4.78 is 6.23. The van der Waals surface area contributed by atoms with Crippen LogP contribution in [0.5, 0.6) is 5.75 Å². The molecule has 3 nitrogen and oxygen atoms in total. The summed E-state index contributed by atoms with van der Waals surface area (Å²) in [5, 5.41) is 8.74. The predicted molar refractivity (Wildman–Crippen MR) is 89.8 cm³/mol. The first-order chi connectivity index (χ1) is 11.2. The van der Waals surface area contributed by atoms with Crippen molar-refractivity contribution in [3.05, 3.63) is 65.2 Å². The predicted octanol–water partition coefficient (Wildman–Crippen LogP) is 4.55. The van der Waals surface area contributed by atoms with E-state index in [1.807, 2.05) is 24.3 Å². The fourth-order valence-electron chi connectivity index (χ4n) is 3.15. The number of rotatable bonds is 5. The fraction of sp³-hybridized carbons (Fsp3) is 0.350. The first-order valence-corrected chi connectivity index (χ1v) is 8.27. The topological polar surface area (TPSA) is 46.5 Å². The molecular weight excluding hydrogens is 288 g/mol. The maximum atomic E-state index is 10.6. The van der Waals surface area contributed by atoms with Crippen molar-refractivity contribution in [3.8, 4) is 5.75 Å². The highest BCUT2D eigenvalue weighted by molar-refractivity contribution is 5.67. The molecule has 1 unspecified atom stereocenters. The zero-order valence-corrected chi connectivity index (χ0v) is 13.2. The summed E-state index contributed by atoms with van der Waals surface area (Å²) in [6, 6.07) is 16.4. The van der Waals surface area contributed by atoms with Crippen molar-refractivity contribution in [1.82, 2.24) is 0 Å². The summed E-state index contributed by atoms with van der Waals surface area (Å²) >= 11 is 0. The van der Waals surface area contributed by atoms with Gasteiger partial charge in [-0.3, -0.25) is 4.79 Å². The lowest BCUT2D eigenvalue weighted by atomic mass is 10.0. The minimum atomic E-state index is -0.764. The molecular formula is C20H22O3. The molecule has 2 aromatic rings. The van der Waals surface area contributed by atoms with E-state index in [1.54, 1.807) is 0 Å². The zero-order chi connectivity index (χ0) is 16.1. The van der Waals surface area contributed by atoms with Crippen LogP contribution in [0, 0.1) is 0 Å². The Kier molecular flexibility index (Phi) is 4.96. The molecule has 3 rings (SSSR count). The highest BCUT2D eigenvalue weighted by atomic mass is 16.5. The average Bonchev–Trinajstić information content (AvgIpc) is 2.77. The summed E-state index contributed by atoms with van der Waals surface area (Å²) in [5.74, 6) is 0.0890. The number of hydrogen-bond acceptors (Lipinski definition) is 2. The van der Waals surface area contributed by atoms with Gasteiger partial charge in [-0.1, -0.05) is 36.4 Å². The van der Waals surface area contributed by atoms with E-state index < -0.39 is 5.97 Å². The molecule has 0 aliphatic heterocycles. The van der Waals surface area contributed by atoms with E-state index in [-0.39, 0.29) is 12.5 Å². The summed E-state index contributed by atoms with van der Waals surface area (Å²) in [6.45, 7) is 0. The zero-order valence-electron chi connectivity index (χ0n) is 13.2. The van der Waals surface area contributed by atoms with Crippen LogP contribution in [0.2, 0.25) is 0 Å². The van der Waals surface area contributed by atoms with Gasteiger partial charge in [0.05, 0.1) is 0 Å². The number of ether oxygens (including phenoxy) is 1. The van der Waals surface area contributed by atoms with Crippen molar-refractivity contribution < 1.29 is 14.6 Å². The van der Waals surface area contributed by atoms with Crippen LogP contribution in [-0.4, -0.2) is 11.1 Å². The normalized spacial score (nSPS) is 17.1. The molecule has 0 heterocycles. The van der Waals surface area contributed by atoms with Crippen molar-refractivity contribution in [1.29, 1.82) is 0 Å². The van der Waals surface area contributed by atoms with Crippen LogP contribution >= 0.6 is 0 Å². The van der Waals surface area contributed by atoms with Crippen molar-refractivity contribution >= 4 is 5.97 Å². The minimum absolute atomic E-state index is 0.110. The second-order valence-electron chi connectivity index (χ2n) is 6.09. The molecule has 1 aliphatic rings. The van der Waals surface area contributed by atoms with E-state index >= 15 is 0 Å². The molecule has 1 atom stereocenters. The van der Waals surface area contributed by atoms with E-state index in [0.717, 1.165) is 24.2 Å². The molecule has 0 spiro atoms. The van der Waals surface area contributed by atoms with Gasteiger partial charge in [-0.25, -0.2) is 0 Å². The number of fused-ring (bicyclic) bond motifs is 1. The van der Waals surface area contributed by atoms with Crippen molar-refractivity contribution in [3.63, 3.8) is 0 Å². The molecule has 0 bridgehead atoms. The number of carbonyl (C=O) groups is 1. The molecule has 0 aromatic heterocycles. The van der Waals surface area contributed by atoms with Crippen LogP contribution in [0.1, 0.15) is 48.5 Å². The Morgan fingerprint density at radius 2 is 1.87 bits per heavy atom. The molecule has 0 amide bonds. The van der Waals surface area contributed by atoms with E-state index in [1.165, 1.54) is 24.0 Å². The summed E-state index contributed by atoms with van der Waals surface area (Å²) in [5.41, 5.74) is 3.73. The van der Waals surface area contributed by atoms with Gasteiger partial charge < -0.3 is 9.84 Å². The van der Waals surface area contributed by atoms with Crippen LogP contribution in [-0.2, 0) is 17.6 Å². The SMILES string of the molecule is O=C(O)CCc1ccc(OC2CCCCc3ccccc32)cc1. The van der Waals surface area contributed by atoms with E-state index in [4.69, 9.17) is 9.84 Å². The Bertz CT molecular complexity index is 661. The van der Waals surface area contributed by atoms with Crippen LogP contribution in [0.25, 0.3) is 0 Å². The second-order valence-corrected chi connectivity index (χ2v) is 6.09. The van der Waals surface area contributed by atoms with Crippen molar-refractivity contribution in [2.24, 2.45) is 0 Å². The average molecular weight is 310 g/mol. The number of benzene rings is 2. The number of carboxylic acid groups (broad SMARTS) is 1. The third-order valence-corrected chi connectivity index (χ3v) is 4.39. The van der Waals surface area contributed by atoms with Gasteiger partial charge in [0.1, 0.15) is 11.9 Å². The second kappa shape index (κ2) is 7.32. The van der Waals surface area contributed by atoms with Gasteiger partial charge in [-0.2, -0.15) is 0 Å². The Balaban J connectivity index is 1.70. The van der Waals surface area contributed by atoms with Crippen LogP contribution in [0.3, 0.4) is 0 Å². The van der Waals surface area contributed by atoms with Gasteiger partial charge in [0.15, 0.2) is 0 Å². The van der Waals surface area contributed by atoms with Gasteiger partial charge in [0.2, 0.25) is 0 Å². The lowest BCUT2D eigenvalue weighted by molar-refractivity contribution is -0.136. The summed E-state index contributed by atoms with van der Waals surface area (Å²) in [6.07, 6.45) is 5.39. The van der Waals surface area contributed by atoms with Gasteiger partial charge >= 0.3 is 5.97 Å². The fourth-order valence-corrected chi connectivity index (χ4v) is 3.15. The molecule has 1 N–H and O–H groups in total. The molecule has 2 aromatic carbocycles. The smallest absolute Gasteiger partial charge is 0.303 e. The highest BCUT2D eigenvalue weighted by Crippen LogP contribution is 2.32. The maximum absolute atomic E-state index is 10.6. The third-order valence-electron chi connectivity index (χ3n) is 4.39. The Labute approximate surface area is 136 Å². The van der Waals surface area contributed by atoms with Gasteiger partial charge in [0, 0.05) is 6.42 Å². The first-order valence-electron chi connectivity index (χ1n) is 8.27.